The molecule has 0 aliphatic carbocycles. The Morgan fingerprint density at radius 2 is 1.64 bits per heavy atom. The molecule has 0 spiro atoms. The van der Waals surface area contributed by atoms with Gasteiger partial charge in [0.15, 0.2) is 0 Å². The van der Waals surface area contributed by atoms with E-state index in [2.05, 4.69) is 5.32 Å². The second kappa shape index (κ2) is 8.63. The van der Waals surface area contributed by atoms with Crippen molar-refractivity contribution in [2.75, 3.05) is 11.9 Å². The summed E-state index contributed by atoms with van der Waals surface area (Å²) in [7, 11) is 0. The highest BCUT2D eigenvalue weighted by atomic mass is 16.5. The predicted molar refractivity (Wildman–Crippen MR) is 93.0 cm³/mol. The third-order valence-corrected chi connectivity index (χ3v) is 3.51. The molecule has 0 fully saturated rings. The van der Waals surface area contributed by atoms with Crippen molar-refractivity contribution in [1.29, 1.82) is 0 Å². The number of amides is 1. The second-order valence-electron chi connectivity index (χ2n) is 5.37. The minimum Gasteiger partial charge on any atom is -0.478 e. The average molecular weight is 341 g/mol. The molecule has 6 nitrogen and oxygen atoms in total. The van der Waals surface area contributed by atoms with Crippen LogP contribution in [-0.4, -0.2) is 29.6 Å². The summed E-state index contributed by atoms with van der Waals surface area (Å²) in [6.45, 7) is 2.38. The number of aromatic carboxylic acids is 1. The highest BCUT2D eigenvalue weighted by Gasteiger charge is 2.16. The van der Waals surface area contributed by atoms with Crippen molar-refractivity contribution in [1.82, 2.24) is 0 Å². The lowest BCUT2D eigenvalue weighted by atomic mass is 10.1. The lowest BCUT2D eigenvalue weighted by Gasteiger charge is -2.08. The number of ether oxygens (including phenoxy) is 1. The number of hydrogen-bond donors (Lipinski definition) is 2. The molecule has 1 amide bonds. The Kier molecular flexibility index (Phi) is 6.28. The molecule has 0 unspecified atom stereocenters. The molecule has 0 bridgehead atoms. The number of benzene rings is 2. The highest BCUT2D eigenvalue weighted by molar-refractivity contribution is 6.10. The summed E-state index contributed by atoms with van der Waals surface area (Å²) in [5.74, 6) is -2.12. The van der Waals surface area contributed by atoms with Crippen LogP contribution in [0.15, 0.2) is 48.5 Å². The van der Waals surface area contributed by atoms with Crippen molar-refractivity contribution in [3.8, 4) is 0 Å². The molecular weight excluding hydrogens is 322 g/mol. The van der Waals surface area contributed by atoms with E-state index in [1.165, 1.54) is 12.1 Å². The number of carbonyl (C=O) groups excluding carboxylic acids is 2. The van der Waals surface area contributed by atoms with E-state index in [0.717, 1.165) is 12.8 Å². The Labute approximate surface area is 145 Å². The number of anilines is 1. The van der Waals surface area contributed by atoms with Crippen molar-refractivity contribution < 1.29 is 24.2 Å². The van der Waals surface area contributed by atoms with Gasteiger partial charge >= 0.3 is 11.9 Å². The zero-order valence-corrected chi connectivity index (χ0v) is 13.8. The Hall–Kier alpha value is -3.15. The first-order valence-electron chi connectivity index (χ1n) is 7.93. The molecule has 6 heteroatoms. The van der Waals surface area contributed by atoms with Gasteiger partial charge in [-0.2, -0.15) is 0 Å². The molecule has 0 aliphatic heterocycles. The summed E-state index contributed by atoms with van der Waals surface area (Å²) in [6, 6.07) is 12.2. The van der Waals surface area contributed by atoms with Crippen LogP contribution in [0, 0.1) is 0 Å². The van der Waals surface area contributed by atoms with Crippen molar-refractivity contribution in [2.24, 2.45) is 0 Å². The Balaban J connectivity index is 2.05. The fourth-order valence-corrected chi connectivity index (χ4v) is 2.15. The highest BCUT2D eigenvalue weighted by Crippen LogP contribution is 2.15. The third-order valence-electron chi connectivity index (χ3n) is 3.51. The Morgan fingerprint density at radius 3 is 2.24 bits per heavy atom. The van der Waals surface area contributed by atoms with Crippen LogP contribution in [0.1, 0.15) is 50.8 Å². The first kappa shape index (κ1) is 18.2. The average Bonchev–Trinajstić information content (AvgIpc) is 2.62. The molecule has 2 rings (SSSR count). The van der Waals surface area contributed by atoms with Gasteiger partial charge in [-0.1, -0.05) is 25.5 Å². The van der Waals surface area contributed by atoms with Crippen LogP contribution in [0.5, 0.6) is 0 Å². The van der Waals surface area contributed by atoms with Crippen LogP contribution in [0.25, 0.3) is 0 Å². The molecule has 0 aliphatic rings. The largest absolute Gasteiger partial charge is 0.478 e. The van der Waals surface area contributed by atoms with Gasteiger partial charge in [-0.3, -0.25) is 4.79 Å². The number of carboxylic acid groups (broad SMARTS) is 1. The first-order valence-corrected chi connectivity index (χ1v) is 7.93. The van der Waals surface area contributed by atoms with E-state index in [-0.39, 0.29) is 11.1 Å². The summed E-state index contributed by atoms with van der Waals surface area (Å²) in [4.78, 5) is 35.3. The fraction of sp³-hybridized carbons (Fsp3) is 0.211. The van der Waals surface area contributed by atoms with Crippen LogP contribution in [-0.2, 0) is 4.74 Å². The smallest absolute Gasteiger partial charge is 0.338 e. The van der Waals surface area contributed by atoms with Crippen molar-refractivity contribution in [2.45, 2.75) is 19.8 Å². The quantitative estimate of drug-likeness (QED) is 0.593. The van der Waals surface area contributed by atoms with Crippen molar-refractivity contribution >= 4 is 23.5 Å². The van der Waals surface area contributed by atoms with E-state index >= 15 is 0 Å². The summed E-state index contributed by atoms with van der Waals surface area (Å²) in [5.41, 5.74) is 0.838. The molecule has 2 aromatic carbocycles. The molecule has 0 heterocycles. The van der Waals surface area contributed by atoms with Gasteiger partial charge in [0, 0.05) is 5.69 Å². The number of unbranched alkanes of at least 4 members (excludes halogenated alkanes) is 1. The maximum absolute atomic E-state index is 12.3. The van der Waals surface area contributed by atoms with Gasteiger partial charge in [0.05, 0.1) is 23.3 Å². The van der Waals surface area contributed by atoms with Crippen LogP contribution in [0.3, 0.4) is 0 Å². The van der Waals surface area contributed by atoms with Gasteiger partial charge < -0.3 is 15.2 Å². The Morgan fingerprint density at radius 1 is 1.00 bits per heavy atom. The zero-order valence-electron chi connectivity index (χ0n) is 13.8. The van der Waals surface area contributed by atoms with Gasteiger partial charge in [0.2, 0.25) is 0 Å². The summed E-state index contributed by atoms with van der Waals surface area (Å²) < 4.78 is 5.11. The first-order chi connectivity index (χ1) is 12.0. The summed E-state index contributed by atoms with van der Waals surface area (Å²) >= 11 is 0. The molecule has 0 saturated carbocycles. The monoisotopic (exact) mass is 341 g/mol. The van der Waals surface area contributed by atoms with Crippen LogP contribution >= 0.6 is 0 Å². The fourth-order valence-electron chi connectivity index (χ4n) is 2.15. The molecule has 0 radical (unpaired) electrons. The molecule has 2 N–H and O–H groups in total. The minimum atomic E-state index is -1.17. The number of rotatable bonds is 7. The lowest BCUT2D eigenvalue weighted by Crippen LogP contribution is -2.16. The SMILES string of the molecule is CCCCOC(=O)c1ccc(NC(=O)c2ccccc2C(=O)O)cc1. The molecule has 0 saturated heterocycles. The lowest BCUT2D eigenvalue weighted by molar-refractivity contribution is 0.0499. The van der Waals surface area contributed by atoms with Crippen LogP contribution in [0.2, 0.25) is 0 Å². The van der Waals surface area contributed by atoms with Crippen molar-refractivity contribution in [3.05, 3.63) is 65.2 Å². The van der Waals surface area contributed by atoms with Gasteiger partial charge in [0.25, 0.3) is 5.91 Å². The van der Waals surface area contributed by atoms with E-state index in [1.807, 2.05) is 6.92 Å². The predicted octanol–water partition coefficient (Wildman–Crippen LogP) is 3.59. The Bertz CT molecular complexity index is 768. The molecule has 2 aromatic rings. The van der Waals surface area contributed by atoms with Crippen LogP contribution < -0.4 is 5.32 Å². The van der Waals surface area contributed by atoms with E-state index in [0.29, 0.717) is 17.9 Å². The number of hydrogen-bond acceptors (Lipinski definition) is 4. The number of carboxylic acids is 1. The van der Waals surface area contributed by atoms with E-state index in [4.69, 9.17) is 9.84 Å². The van der Waals surface area contributed by atoms with E-state index in [9.17, 15) is 14.4 Å². The number of nitrogens with one attached hydrogen (secondary N) is 1. The van der Waals surface area contributed by atoms with Gasteiger partial charge in [-0.25, -0.2) is 9.59 Å². The van der Waals surface area contributed by atoms with Gasteiger partial charge in [0.1, 0.15) is 0 Å². The summed E-state index contributed by atoms with van der Waals surface area (Å²) in [6.07, 6.45) is 1.75. The number of carbonyl (C=O) groups is 3. The third kappa shape index (κ3) is 4.91. The molecule has 25 heavy (non-hydrogen) atoms. The number of esters is 1. The standard InChI is InChI=1S/C19H19NO5/c1-2-3-12-25-19(24)13-8-10-14(11-9-13)20-17(21)15-6-4-5-7-16(15)18(22)23/h4-11H,2-3,12H2,1H3,(H,20,21)(H,22,23). The maximum atomic E-state index is 12.3. The molecular formula is C19H19NO5. The molecule has 130 valence electrons. The van der Waals surface area contributed by atoms with E-state index < -0.39 is 17.8 Å². The second-order valence-corrected chi connectivity index (χ2v) is 5.37. The molecule has 0 atom stereocenters. The normalized spacial score (nSPS) is 10.1. The zero-order chi connectivity index (χ0) is 18.2. The van der Waals surface area contributed by atoms with E-state index in [1.54, 1.807) is 36.4 Å². The van der Waals surface area contributed by atoms with Gasteiger partial charge in [-0.05, 0) is 42.8 Å². The maximum Gasteiger partial charge on any atom is 0.338 e. The topological polar surface area (TPSA) is 92.7 Å². The van der Waals surface area contributed by atoms with Crippen LogP contribution in [0.4, 0.5) is 5.69 Å². The van der Waals surface area contributed by atoms with Gasteiger partial charge in [-0.15, -0.1) is 0 Å². The summed E-state index contributed by atoms with van der Waals surface area (Å²) in [5, 5.41) is 11.8. The van der Waals surface area contributed by atoms with Crippen molar-refractivity contribution in [3.63, 3.8) is 0 Å². The minimum absolute atomic E-state index is 0.0676. The molecule has 0 aromatic heterocycles.